The van der Waals surface area contributed by atoms with Crippen LogP contribution in [-0.4, -0.2) is 45.1 Å². The number of phenolic OH excluding ortho intramolecular Hbond substituents is 2. The van der Waals surface area contributed by atoms with Crippen LogP contribution in [-0.2, 0) is 10.3 Å². The molecule has 0 aliphatic carbocycles. The lowest BCUT2D eigenvalue weighted by molar-refractivity contribution is 0.370. The van der Waals surface area contributed by atoms with Gasteiger partial charge in [0.2, 0.25) is 0 Å². The number of methoxy groups -OCH3 is 1. The molecule has 0 saturated carbocycles. The smallest absolute Gasteiger partial charge is 0.382 e. The SMILES string of the molecule is COc1cc(-c2nnc(OS(N)(=O)=O)n2-c2cccc3c2ccn3C(C)C)c(O)cc1O. The molecule has 32 heavy (non-hydrogen) atoms. The monoisotopic (exact) mass is 459 g/mol. The van der Waals surface area contributed by atoms with E-state index in [1.54, 1.807) is 12.1 Å². The lowest BCUT2D eigenvalue weighted by Gasteiger charge is -2.14. The Bertz CT molecular complexity index is 1420. The number of rotatable bonds is 6. The molecular formula is C20H21N5O6S. The highest BCUT2D eigenvalue weighted by atomic mass is 32.2. The molecule has 4 rings (SSSR count). The molecule has 168 valence electrons. The first-order chi connectivity index (χ1) is 15.1. The van der Waals surface area contributed by atoms with Crippen LogP contribution in [0.3, 0.4) is 0 Å². The van der Waals surface area contributed by atoms with Crippen LogP contribution >= 0.6 is 0 Å². The van der Waals surface area contributed by atoms with Gasteiger partial charge in [0.25, 0.3) is 0 Å². The summed E-state index contributed by atoms with van der Waals surface area (Å²) in [5, 5.41) is 34.1. The number of ether oxygens (including phenoxy) is 1. The normalized spacial score (nSPS) is 11.9. The van der Waals surface area contributed by atoms with Crippen molar-refractivity contribution < 1.29 is 27.6 Å². The van der Waals surface area contributed by atoms with Crippen molar-refractivity contribution >= 4 is 21.2 Å². The Morgan fingerprint density at radius 3 is 2.50 bits per heavy atom. The molecule has 0 spiro atoms. The standard InChI is InChI=1S/C20H21N5O6S/c1-11(2)24-8-7-12-14(24)5-4-6-15(12)25-19(22-23-20(25)31-32(21,28)29)13-9-18(30-3)17(27)10-16(13)26/h4-11,26-27H,1-3H3,(H2,21,28,29). The summed E-state index contributed by atoms with van der Waals surface area (Å²) in [5.74, 6) is -0.488. The van der Waals surface area contributed by atoms with Crippen LogP contribution in [0.25, 0.3) is 28.0 Å². The van der Waals surface area contributed by atoms with Crippen molar-refractivity contribution in [3.8, 4) is 40.3 Å². The molecule has 4 aromatic rings. The summed E-state index contributed by atoms with van der Waals surface area (Å²) >= 11 is 0. The van der Waals surface area contributed by atoms with Crippen molar-refractivity contribution in [3.05, 3.63) is 42.6 Å². The Kier molecular flexibility index (Phi) is 5.18. The number of benzene rings is 2. The zero-order valence-electron chi connectivity index (χ0n) is 17.4. The number of nitrogens with zero attached hydrogens (tertiary/aromatic N) is 4. The maximum absolute atomic E-state index is 11.7. The maximum Gasteiger partial charge on any atom is 0.382 e. The molecule has 2 aromatic carbocycles. The van der Waals surface area contributed by atoms with Crippen molar-refractivity contribution in [2.24, 2.45) is 5.14 Å². The van der Waals surface area contributed by atoms with Gasteiger partial charge >= 0.3 is 16.3 Å². The third kappa shape index (κ3) is 3.69. The van der Waals surface area contributed by atoms with Crippen LogP contribution in [0.1, 0.15) is 19.9 Å². The Balaban J connectivity index is 2.04. The predicted molar refractivity (Wildman–Crippen MR) is 116 cm³/mol. The van der Waals surface area contributed by atoms with Gasteiger partial charge in [0.1, 0.15) is 5.75 Å². The Hall–Kier alpha value is -3.77. The molecule has 4 N–H and O–H groups in total. The molecular weight excluding hydrogens is 438 g/mol. The van der Waals surface area contributed by atoms with Crippen molar-refractivity contribution in [2.45, 2.75) is 19.9 Å². The van der Waals surface area contributed by atoms with Gasteiger partial charge in [-0.1, -0.05) is 11.2 Å². The van der Waals surface area contributed by atoms with Gasteiger partial charge in [-0.3, -0.25) is 0 Å². The minimum absolute atomic E-state index is 0.0456. The highest BCUT2D eigenvalue weighted by Gasteiger charge is 2.25. The molecule has 0 fully saturated rings. The molecule has 12 heteroatoms. The van der Waals surface area contributed by atoms with E-state index >= 15 is 0 Å². The van der Waals surface area contributed by atoms with Gasteiger partial charge in [-0.05, 0) is 38.1 Å². The fourth-order valence-corrected chi connectivity index (χ4v) is 3.85. The second-order valence-electron chi connectivity index (χ2n) is 7.29. The Morgan fingerprint density at radius 2 is 1.84 bits per heavy atom. The summed E-state index contributed by atoms with van der Waals surface area (Å²) in [6, 6.07) is 9.50. The first kappa shape index (κ1) is 21.5. The lowest BCUT2D eigenvalue weighted by Crippen LogP contribution is -2.21. The van der Waals surface area contributed by atoms with Crippen LogP contribution in [0.15, 0.2) is 42.6 Å². The highest BCUT2D eigenvalue weighted by Crippen LogP contribution is 2.41. The molecule has 0 atom stereocenters. The topological polar surface area (TPSA) is 155 Å². The molecule has 0 radical (unpaired) electrons. The van der Waals surface area contributed by atoms with Crippen molar-refractivity contribution in [3.63, 3.8) is 0 Å². The second-order valence-corrected chi connectivity index (χ2v) is 8.44. The van der Waals surface area contributed by atoms with Crippen LogP contribution in [0, 0.1) is 0 Å². The van der Waals surface area contributed by atoms with Crippen molar-refractivity contribution in [2.75, 3.05) is 7.11 Å². The number of hydrogen-bond donors (Lipinski definition) is 3. The zero-order chi connectivity index (χ0) is 23.2. The van der Waals surface area contributed by atoms with Crippen molar-refractivity contribution in [1.29, 1.82) is 0 Å². The fraction of sp³-hybridized carbons (Fsp3) is 0.200. The molecule has 2 heterocycles. The first-order valence-electron chi connectivity index (χ1n) is 9.48. The van der Waals surface area contributed by atoms with E-state index in [2.05, 4.69) is 10.2 Å². The summed E-state index contributed by atoms with van der Waals surface area (Å²) in [4.78, 5) is 0. The quantitative estimate of drug-likeness (QED) is 0.397. The Morgan fingerprint density at radius 1 is 1.09 bits per heavy atom. The number of phenols is 2. The highest BCUT2D eigenvalue weighted by molar-refractivity contribution is 7.84. The summed E-state index contributed by atoms with van der Waals surface area (Å²) in [6.45, 7) is 4.07. The molecule has 0 amide bonds. The maximum atomic E-state index is 11.7. The molecule has 0 unspecified atom stereocenters. The molecule has 0 bridgehead atoms. The largest absolute Gasteiger partial charge is 0.507 e. The van der Waals surface area contributed by atoms with Crippen LogP contribution in [0.5, 0.6) is 23.3 Å². The van der Waals surface area contributed by atoms with Gasteiger partial charge in [-0.2, -0.15) is 13.6 Å². The molecule has 2 aromatic heterocycles. The van der Waals surface area contributed by atoms with Crippen LogP contribution in [0.4, 0.5) is 0 Å². The van der Waals surface area contributed by atoms with E-state index < -0.39 is 16.3 Å². The molecule has 0 saturated heterocycles. The van der Waals surface area contributed by atoms with E-state index in [9.17, 15) is 18.6 Å². The average molecular weight is 459 g/mol. The van der Waals surface area contributed by atoms with E-state index in [0.29, 0.717) is 5.69 Å². The second kappa shape index (κ2) is 7.73. The summed E-state index contributed by atoms with van der Waals surface area (Å²) < 4.78 is 36.7. The zero-order valence-corrected chi connectivity index (χ0v) is 18.2. The van der Waals surface area contributed by atoms with Gasteiger partial charge in [0.05, 0.1) is 23.9 Å². The van der Waals surface area contributed by atoms with Gasteiger partial charge in [-0.25, -0.2) is 4.57 Å². The van der Waals surface area contributed by atoms with Crippen LogP contribution in [0.2, 0.25) is 0 Å². The van der Waals surface area contributed by atoms with E-state index in [1.807, 2.05) is 36.7 Å². The van der Waals surface area contributed by atoms with Gasteiger partial charge in [-0.15, -0.1) is 5.10 Å². The Labute approximate surface area is 183 Å². The number of aromatic hydroxyl groups is 2. The number of hydrogen-bond acceptors (Lipinski definition) is 8. The van der Waals surface area contributed by atoms with E-state index in [0.717, 1.165) is 17.0 Å². The number of fused-ring (bicyclic) bond motifs is 1. The summed E-state index contributed by atoms with van der Waals surface area (Å²) in [7, 11) is -3.07. The first-order valence-corrected chi connectivity index (χ1v) is 11.0. The van der Waals surface area contributed by atoms with E-state index in [4.69, 9.17) is 14.1 Å². The number of aromatic nitrogens is 4. The molecule has 11 nitrogen and oxygen atoms in total. The fourth-order valence-electron chi connectivity index (χ4n) is 3.54. The van der Waals surface area contributed by atoms with Gasteiger partial charge in [0, 0.05) is 23.7 Å². The number of nitrogens with two attached hydrogens (primary N) is 1. The minimum Gasteiger partial charge on any atom is -0.507 e. The van der Waals surface area contributed by atoms with Gasteiger partial charge in [0.15, 0.2) is 17.3 Å². The van der Waals surface area contributed by atoms with E-state index in [1.165, 1.54) is 17.7 Å². The third-order valence-corrected chi connectivity index (χ3v) is 5.28. The van der Waals surface area contributed by atoms with Crippen molar-refractivity contribution in [1.82, 2.24) is 19.3 Å². The lowest BCUT2D eigenvalue weighted by atomic mass is 10.1. The molecule has 0 aliphatic rings. The molecule has 0 aliphatic heterocycles. The summed E-state index contributed by atoms with van der Waals surface area (Å²) in [6.07, 6.45) is 1.91. The predicted octanol–water partition coefficient (Wildman–Crippen LogP) is 2.47. The summed E-state index contributed by atoms with van der Waals surface area (Å²) in [5.41, 5.74) is 1.50. The third-order valence-electron chi connectivity index (χ3n) is 4.90. The van der Waals surface area contributed by atoms with E-state index in [-0.39, 0.29) is 34.7 Å². The van der Waals surface area contributed by atoms with Gasteiger partial charge < -0.3 is 23.7 Å². The minimum atomic E-state index is -4.42. The average Bonchev–Trinajstić information content (AvgIpc) is 3.31. The van der Waals surface area contributed by atoms with Crippen LogP contribution < -0.4 is 14.1 Å².